The molecule has 1 aromatic rings. The second kappa shape index (κ2) is 9.40. The number of hydrogen-bond acceptors (Lipinski definition) is 2. The van der Waals surface area contributed by atoms with Crippen LogP contribution in [0.4, 0.5) is 5.69 Å². The topological polar surface area (TPSA) is 53.6 Å². The van der Waals surface area contributed by atoms with Gasteiger partial charge in [0, 0.05) is 11.7 Å². The maximum Gasteiger partial charge on any atom is 0.193 e. The minimum Gasteiger partial charge on any atom is -0.370 e. The van der Waals surface area contributed by atoms with Crippen LogP contribution in [-0.4, -0.2) is 36.5 Å². The number of guanidine groups is 1. The molecule has 1 aromatic carbocycles. The van der Waals surface area contributed by atoms with Gasteiger partial charge in [-0.2, -0.15) is 0 Å². The average molecular weight is 290 g/mol. The molecule has 118 valence electrons. The lowest BCUT2D eigenvalue weighted by molar-refractivity contribution is 0.196. The van der Waals surface area contributed by atoms with Crippen LogP contribution >= 0.6 is 0 Å². The molecular formula is C17H30N4. The van der Waals surface area contributed by atoms with Gasteiger partial charge >= 0.3 is 0 Å². The number of nitrogens with one attached hydrogen (secondary N) is 1. The van der Waals surface area contributed by atoms with Crippen molar-refractivity contribution in [3.63, 3.8) is 0 Å². The standard InChI is InChI=1S/C17H30N4/c1-5-21(6-2)16(12-14(3)4)13-19-17(18)20-15-10-8-7-9-11-15/h7-11,14,16H,5-6,12-13H2,1-4H3,(H3,18,19,20). The fourth-order valence-corrected chi connectivity index (χ4v) is 2.54. The smallest absolute Gasteiger partial charge is 0.193 e. The van der Waals surface area contributed by atoms with Gasteiger partial charge in [-0.15, -0.1) is 0 Å². The molecule has 0 aromatic heterocycles. The normalized spacial score (nSPS) is 13.7. The molecule has 0 radical (unpaired) electrons. The lowest BCUT2D eigenvalue weighted by Crippen LogP contribution is -2.39. The monoisotopic (exact) mass is 290 g/mol. The summed E-state index contributed by atoms with van der Waals surface area (Å²) in [5, 5.41) is 3.13. The van der Waals surface area contributed by atoms with Crippen LogP contribution in [-0.2, 0) is 0 Å². The van der Waals surface area contributed by atoms with Crippen LogP contribution in [0.2, 0.25) is 0 Å². The molecule has 0 heterocycles. The van der Waals surface area contributed by atoms with Gasteiger partial charge in [-0.3, -0.25) is 9.89 Å². The third-order valence-corrected chi connectivity index (χ3v) is 3.59. The number of nitrogens with zero attached hydrogens (tertiary/aromatic N) is 2. The largest absolute Gasteiger partial charge is 0.370 e. The van der Waals surface area contributed by atoms with Gasteiger partial charge in [0.05, 0.1) is 6.54 Å². The zero-order valence-corrected chi connectivity index (χ0v) is 13.8. The molecule has 1 atom stereocenters. The van der Waals surface area contributed by atoms with E-state index in [-0.39, 0.29) is 0 Å². The average Bonchev–Trinajstić information content (AvgIpc) is 2.46. The van der Waals surface area contributed by atoms with E-state index in [9.17, 15) is 0 Å². The van der Waals surface area contributed by atoms with Crippen LogP contribution in [0.15, 0.2) is 35.3 Å². The first-order valence-corrected chi connectivity index (χ1v) is 7.92. The molecule has 3 N–H and O–H groups in total. The molecule has 0 saturated heterocycles. The van der Waals surface area contributed by atoms with Crippen molar-refractivity contribution in [1.82, 2.24) is 4.90 Å². The second-order valence-corrected chi connectivity index (χ2v) is 5.72. The van der Waals surface area contributed by atoms with E-state index in [2.05, 4.69) is 42.9 Å². The van der Waals surface area contributed by atoms with Crippen molar-refractivity contribution in [2.24, 2.45) is 16.6 Å². The Hall–Kier alpha value is -1.55. The number of anilines is 1. The van der Waals surface area contributed by atoms with Crippen molar-refractivity contribution in [1.29, 1.82) is 0 Å². The van der Waals surface area contributed by atoms with Gasteiger partial charge in [0.1, 0.15) is 0 Å². The quantitative estimate of drug-likeness (QED) is 0.571. The van der Waals surface area contributed by atoms with Crippen molar-refractivity contribution < 1.29 is 0 Å². The molecule has 1 unspecified atom stereocenters. The molecule has 1 rings (SSSR count). The van der Waals surface area contributed by atoms with Crippen molar-refractivity contribution >= 4 is 11.6 Å². The molecule has 0 aliphatic rings. The van der Waals surface area contributed by atoms with Gasteiger partial charge < -0.3 is 11.1 Å². The molecule has 4 nitrogen and oxygen atoms in total. The molecule has 0 bridgehead atoms. The molecule has 4 heteroatoms. The van der Waals surface area contributed by atoms with Crippen molar-refractivity contribution in [2.75, 3.05) is 25.0 Å². The van der Waals surface area contributed by atoms with Crippen LogP contribution in [0, 0.1) is 5.92 Å². The highest BCUT2D eigenvalue weighted by atomic mass is 15.2. The van der Waals surface area contributed by atoms with E-state index in [4.69, 9.17) is 5.73 Å². The first-order chi connectivity index (χ1) is 10.1. The number of rotatable bonds is 8. The van der Waals surface area contributed by atoms with Crippen LogP contribution in [0.3, 0.4) is 0 Å². The maximum absolute atomic E-state index is 5.99. The number of aliphatic imine (C=N–C) groups is 1. The number of benzene rings is 1. The predicted molar refractivity (Wildman–Crippen MR) is 92.7 cm³/mol. The summed E-state index contributed by atoms with van der Waals surface area (Å²) in [4.78, 5) is 6.99. The summed E-state index contributed by atoms with van der Waals surface area (Å²) in [7, 11) is 0. The van der Waals surface area contributed by atoms with Gasteiger partial charge in [-0.05, 0) is 37.6 Å². The fourth-order valence-electron chi connectivity index (χ4n) is 2.54. The molecule has 0 aliphatic heterocycles. The predicted octanol–water partition coefficient (Wildman–Crippen LogP) is 3.17. The summed E-state index contributed by atoms with van der Waals surface area (Å²) in [6.07, 6.45) is 1.14. The summed E-state index contributed by atoms with van der Waals surface area (Å²) in [6.45, 7) is 11.8. The molecule has 21 heavy (non-hydrogen) atoms. The van der Waals surface area contributed by atoms with Gasteiger partial charge in [0.2, 0.25) is 0 Å². The van der Waals surface area contributed by atoms with E-state index in [1.54, 1.807) is 0 Å². The third-order valence-electron chi connectivity index (χ3n) is 3.59. The molecule has 0 amide bonds. The Morgan fingerprint density at radius 3 is 2.33 bits per heavy atom. The van der Waals surface area contributed by atoms with E-state index in [1.807, 2.05) is 30.3 Å². The Balaban J connectivity index is 2.63. The van der Waals surface area contributed by atoms with Gasteiger partial charge in [-0.1, -0.05) is 45.9 Å². The van der Waals surface area contributed by atoms with E-state index in [1.165, 1.54) is 0 Å². The summed E-state index contributed by atoms with van der Waals surface area (Å²) >= 11 is 0. The van der Waals surface area contributed by atoms with Crippen LogP contribution in [0.5, 0.6) is 0 Å². The highest BCUT2D eigenvalue weighted by Crippen LogP contribution is 2.12. The molecule has 0 aliphatic carbocycles. The van der Waals surface area contributed by atoms with Crippen LogP contribution < -0.4 is 11.1 Å². The van der Waals surface area contributed by atoms with Crippen LogP contribution in [0.25, 0.3) is 0 Å². The van der Waals surface area contributed by atoms with Crippen molar-refractivity contribution in [3.05, 3.63) is 30.3 Å². The number of nitrogens with two attached hydrogens (primary N) is 1. The Labute approximate surface area is 129 Å². The minimum absolute atomic E-state index is 0.455. The highest BCUT2D eigenvalue weighted by molar-refractivity contribution is 5.92. The highest BCUT2D eigenvalue weighted by Gasteiger charge is 2.16. The summed E-state index contributed by atoms with van der Waals surface area (Å²) in [5.41, 5.74) is 6.96. The SMILES string of the molecule is CCN(CC)C(CN=C(N)Nc1ccccc1)CC(C)C. The molecule has 0 spiro atoms. The number of para-hydroxylation sites is 1. The Kier molecular flexibility index (Phi) is 7.83. The third kappa shape index (κ3) is 6.63. The van der Waals surface area contributed by atoms with Gasteiger partial charge in [-0.25, -0.2) is 0 Å². The van der Waals surface area contributed by atoms with Gasteiger partial charge in [0.25, 0.3) is 0 Å². The minimum atomic E-state index is 0.455. The lowest BCUT2D eigenvalue weighted by Gasteiger charge is -2.29. The lowest BCUT2D eigenvalue weighted by atomic mass is 10.0. The molecular weight excluding hydrogens is 260 g/mol. The number of hydrogen-bond donors (Lipinski definition) is 2. The van der Waals surface area contributed by atoms with E-state index >= 15 is 0 Å². The second-order valence-electron chi connectivity index (χ2n) is 5.72. The Morgan fingerprint density at radius 2 is 1.81 bits per heavy atom. The summed E-state index contributed by atoms with van der Waals surface area (Å²) in [6, 6.07) is 10.4. The van der Waals surface area contributed by atoms with Crippen LogP contribution in [0.1, 0.15) is 34.1 Å². The van der Waals surface area contributed by atoms with Gasteiger partial charge in [0.15, 0.2) is 5.96 Å². The van der Waals surface area contributed by atoms with Crippen molar-refractivity contribution in [3.8, 4) is 0 Å². The maximum atomic E-state index is 5.99. The molecule has 0 fully saturated rings. The zero-order chi connectivity index (χ0) is 15.7. The zero-order valence-electron chi connectivity index (χ0n) is 13.8. The number of likely N-dealkylation sites (N-methyl/N-ethyl adjacent to an activating group) is 1. The Morgan fingerprint density at radius 1 is 1.19 bits per heavy atom. The fraction of sp³-hybridized carbons (Fsp3) is 0.588. The van der Waals surface area contributed by atoms with E-state index in [0.29, 0.717) is 17.9 Å². The van der Waals surface area contributed by atoms with Crippen molar-refractivity contribution in [2.45, 2.75) is 40.2 Å². The van der Waals surface area contributed by atoms with E-state index in [0.717, 1.165) is 31.7 Å². The summed E-state index contributed by atoms with van der Waals surface area (Å²) in [5.74, 6) is 1.15. The first-order valence-electron chi connectivity index (χ1n) is 7.92. The Bertz CT molecular complexity index is 410. The first kappa shape index (κ1) is 17.5. The van der Waals surface area contributed by atoms with E-state index < -0.39 is 0 Å². The molecule has 0 saturated carbocycles. The summed E-state index contributed by atoms with van der Waals surface area (Å²) < 4.78 is 0.